The Morgan fingerprint density at radius 2 is 1.64 bits per heavy atom. The van der Waals surface area contributed by atoms with Gasteiger partial charge in [0, 0.05) is 18.5 Å². The van der Waals surface area contributed by atoms with Crippen LogP contribution in [0.4, 0.5) is 5.69 Å². The van der Waals surface area contributed by atoms with E-state index in [1.54, 1.807) is 0 Å². The summed E-state index contributed by atoms with van der Waals surface area (Å²) in [4.78, 5) is 13.6. The van der Waals surface area contributed by atoms with Crippen molar-refractivity contribution in [3.63, 3.8) is 0 Å². The summed E-state index contributed by atoms with van der Waals surface area (Å²) in [6, 6.07) is 18.4. The summed E-state index contributed by atoms with van der Waals surface area (Å²) in [5.74, 6) is 0.123. The van der Waals surface area contributed by atoms with Crippen molar-refractivity contribution in [3.05, 3.63) is 65.7 Å². The van der Waals surface area contributed by atoms with Gasteiger partial charge in [0.25, 0.3) is 5.91 Å². The Labute approximate surface area is 132 Å². The Kier molecular flexibility index (Phi) is 4.86. The Balaban J connectivity index is 1.66. The molecule has 1 fully saturated rings. The topological polar surface area (TPSA) is 33.5 Å². The van der Waals surface area contributed by atoms with E-state index >= 15 is 0 Å². The normalized spacial score (nSPS) is 14.9. The van der Waals surface area contributed by atoms with Gasteiger partial charge in [0.2, 0.25) is 0 Å². The lowest BCUT2D eigenvalue weighted by Gasteiger charge is -2.14. The highest BCUT2D eigenvalue weighted by molar-refractivity contribution is 5.92. The number of nitrogens with one attached hydrogen (secondary N) is 2. The molecule has 1 amide bonds. The fourth-order valence-corrected chi connectivity index (χ4v) is 3.09. The van der Waals surface area contributed by atoms with Gasteiger partial charge in [-0.1, -0.05) is 48.5 Å². The number of amides is 1. The molecule has 0 saturated carbocycles. The van der Waals surface area contributed by atoms with Gasteiger partial charge in [-0.05, 0) is 23.6 Å². The SMILES string of the molecule is O=C(C[NH+]1CCCC1)Nc1ccccc1Cc1ccccc1. The van der Waals surface area contributed by atoms with E-state index in [4.69, 9.17) is 0 Å². The first-order valence-corrected chi connectivity index (χ1v) is 8.06. The first kappa shape index (κ1) is 14.8. The van der Waals surface area contributed by atoms with E-state index in [0.29, 0.717) is 6.54 Å². The first-order valence-electron chi connectivity index (χ1n) is 8.06. The lowest BCUT2D eigenvalue weighted by atomic mass is 10.0. The van der Waals surface area contributed by atoms with Crippen molar-refractivity contribution in [2.75, 3.05) is 25.0 Å². The molecular formula is C19H23N2O+. The van der Waals surface area contributed by atoms with Gasteiger partial charge < -0.3 is 10.2 Å². The summed E-state index contributed by atoms with van der Waals surface area (Å²) in [6.07, 6.45) is 3.33. The van der Waals surface area contributed by atoms with E-state index in [0.717, 1.165) is 25.2 Å². The van der Waals surface area contributed by atoms with Crippen molar-refractivity contribution in [2.24, 2.45) is 0 Å². The highest BCUT2D eigenvalue weighted by Gasteiger charge is 2.19. The molecule has 22 heavy (non-hydrogen) atoms. The van der Waals surface area contributed by atoms with Crippen LogP contribution in [0.2, 0.25) is 0 Å². The highest BCUT2D eigenvalue weighted by Crippen LogP contribution is 2.18. The van der Waals surface area contributed by atoms with Crippen molar-refractivity contribution in [1.82, 2.24) is 0 Å². The molecule has 1 aliphatic heterocycles. The van der Waals surface area contributed by atoms with Crippen molar-refractivity contribution in [1.29, 1.82) is 0 Å². The summed E-state index contributed by atoms with van der Waals surface area (Å²) in [5, 5.41) is 3.10. The van der Waals surface area contributed by atoms with Crippen LogP contribution in [-0.4, -0.2) is 25.5 Å². The minimum absolute atomic E-state index is 0.123. The molecule has 1 heterocycles. The Morgan fingerprint density at radius 1 is 0.955 bits per heavy atom. The molecule has 0 radical (unpaired) electrons. The quantitative estimate of drug-likeness (QED) is 0.868. The monoisotopic (exact) mass is 295 g/mol. The van der Waals surface area contributed by atoms with Crippen LogP contribution >= 0.6 is 0 Å². The molecule has 2 N–H and O–H groups in total. The largest absolute Gasteiger partial charge is 0.327 e. The van der Waals surface area contributed by atoms with E-state index in [9.17, 15) is 4.79 Å². The molecule has 0 bridgehead atoms. The van der Waals surface area contributed by atoms with E-state index in [2.05, 4.69) is 23.5 Å². The smallest absolute Gasteiger partial charge is 0.279 e. The summed E-state index contributed by atoms with van der Waals surface area (Å²) < 4.78 is 0. The van der Waals surface area contributed by atoms with Crippen LogP contribution in [-0.2, 0) is 11.2 Å². The number of hydrogen-bond acceptors (Lipinski definition) is 1. The maximum absolute atomic E-state index is 12.2. The Hall–Kier alpha value is -2.13. The Morgan fingerprint density at radius 3 is 2.41 bits per heavy atom. The van der Waals surface area contributed by atoms with E-state index in [1.807, 2.05) is 36.4 Å². The van der Waals surface area contributed by atoms with E-state index in [-0.39, 0.29) is 5.91 Å². The molecule has 3 rings (SSSR count). The molecule has 2 aromatic rings. The van der Waals surface area contributed by atoms with Gasteiger partial charge in [-0.25, -0.2) is 0 Å². The van der Waals surface area contributed by atoms with Crippen molar-refractivity contribution >= 4 is 11.6 Å². The molecule has 0 unspecified atom stereocenters. The summed E-state index contributed by atoms with van der Waals surface area (Å²) in [7, 11) is 0. The molecule has 114 valence electrons. The standard InChI is InChI=1S/C19H22N2O/c22-19(15-21-12-6-7-13-21)20-18-11-5-4-10-17(18)14-16-8-2-1-3-9-16/h1-5,8-11H,6-7,12-15H2,(H,20,22)/p+1. The molecule has 1 aliphatic rings. The van der Waals surface area contributed by atoms with Crippen LogP contribution in [0, 0.1) is 0 Å². The third kappa shape index (κ3) is 3.95. The third-order valence-corrected chi connectivity index (χ3v) is 4.25. The number of rotatable bonds is 5. The predicted molar refractivity (Wildman–Crippen MR) is 89.1 cm³/mol. The minimum atomic E-state index is 0.123. The molecule has 3 nitrogen and oxygen atoms in total. The lowest BCUT2D eigenvalue weighted by Crippen LogP contribution is -3.11. The van der Waals surface area contributed by atoms with Crippen LogP contribution in [0.15, 0.2) is 54.6 Å². The molecule has 2 aromatic carbocycles. The van der Waals surface area contributed by atoms with Gasteiger partial charge in [0.15, 0.2) is 6.54 Å². The summed E-state index contributed by atoms with van der Waals surface area (Å²) >= 11 is 0. The fourth-order valence-electron chi connectivity index (χ4n) is 3.09. The highest BCUT2D eigenvalue weighted by atomic mass is 16.2. The molecule has 1 saturated heterocycles. The zero-order valence-corrected chi connectivity index (χ0v) is 12.8. The van der Waals surface area contributed by atoms with Crippen LogP contribution < -0.4 is 10.2 Å². The third-order valence-electron chi connectivity index (χ3n) is 4.25. The maximum Gasteiger partial charge on any atom is 0.279 e. The zero-order chi connectivity index (χ0) is 15.2. The van der Waals surface area contributed by atoms with Crippen LogP contribution in [0.3, 0.4) is 0 Å². The summed E-state index contributed by atoms with van der Waals surface area (Å²) in [5.41, 5.74) is 3.36. The second-order valence-electron chi connectivity index (χ2n) is 6.00. The van der Waals surface area contributed by atoms with Crippen LogP contribution in [0.25, 0.3) is 0 Å². The predicted octanol–water partition coefficient (Wildman–Crippen LogP) is 1.89. The average molecular weight is 295 g/mol. The van der Waals surface area contributed by atoms with Gasteiger partial charge >= 0.3 is 0 Å². The van der Waals surface area contributed by atoms with Crippen molar-refractivity contribution in [3.8, 4) is 0 Å². The average Bonchev–Trinajstić information content (AvgIpc) is 3.03. The molecule has 3 heteroatoms. The number of benzene rings is 2. The molecule has 0 aliphatic carbocycles. The number of carbonyl (C=O) groups excluding carboxylic acids is 1. The van der Waals surface area contributed by atoms with Crippen LogP contribution in [0.5, 0.6) is 0 Å². The van der Waals surface area contributed by atoms with Crippen molar-refractivity contribution < 1.29 is 9.69 Å². The molecular weight excluding hydrogens is 272 g/mol. The number of anilines is 1. The van der Waals surface area contributed by atoms with Crippen LogP contribution in [0.1, 0.15) is 24.0 Å². The van der Waals surface area contributed by atoms with Crippen molar-refractivity contribution in [2.45, 2.75) is 19.3 Å². The van der Waals surface area contributed by atoms with E-state index < -0.39 is 0 Å². The fraction of sp³-hybridized carbons (Fsp3) is 0.316. The van der Waals surface area contributed by atoms with Gasteiger partial charge in [-0.2, -0.15) is 0 Å². The summed E-state index contributed by atoms with van der Waals surface area (Å²) in [6.45, 7) is 2.83. The minimum Gasteiger partial charge on any atom is -0.327 e. The Bertz CT molecular complexity index is 618. The number of carbonyl (C=O) groups is 1. The zero-order valence-electron chi connectivity index (χ0n) is 12.8. The number of hydrogen-bond donors (Lipinski definition) is 2. The number of para-hydroxylation sites is 1. The van der Waals surface area contributed by atoms with E-state index in [1.165, 1.54) is 28.9 Å². The second-order valence-corrected chi connectivity index (χ2v) is 6.00. The van der Waals surface area contributed by atoms with Gasteiger partial charge in [0.1, 0.15) is 0 Å². The van der Waals surface area contributed by atoms with Gasteiger partial charge in [0.05, 0.1) is 13.1 Å². The molecule has 0 atom stereocenters. The first-order chi connectivity index (χ1) is 10.8. The number of likely N-dealkylation sites (tertiary alicyclic amines) is 1. The molecule has 0 spiro atoms. The number of quaternary nitrogens is 1. The van der Waals surface area contributed by atoms with Gasteiger partial charge in [-0.15, -0.1) is 0 Å². The lowest BCUT2D eigenvalue weighted by molar-refractivity contribution is -0.878. The van der Waals surface area contributed by atoms with Gasteiger partial charge in [-0.3, -0.25) is 4.79 Å². The maximum atomic E-state index is 12.2. The molecule has 0 aromatic heterocycles. The second kappa shape index (κ2) is 7.23.